The topological polar surface area (TPSA) is 98.3 Å². The number of benzene rings is 2. The van der Waals surface area contributed by atoms with E-state index in [2.05, 4.69) is 14.6 Å². The van der Waals surface area contributed by atoms with Crippen molar-refractivity contribution in [2.45, 2.75) is 16.2 Å². The number of nitrogens with zero attached hydrogens (tertiary/aromatic N) is 3. The SMILES string of the molecule is Cc1ccc(S(=O)(=O)/N=C(\CSc2nnc(N)s2)c2ccccc2)cc1. The van der Waals surface area contributed by atoms with E-state index in [0.29, 0.717) is 20.9 Å². The first-order valence-electron chi connectivity index (χ1n) is 7.62. The van der Waals surface area contributed by atoms with Crippen molar-refractivity contribution in [1.82, 2.24) is 10.2 Å². The van der Waals surface area contributed by atoms with Crippen molar-refractivity contribution in [2.75, 3.05) is 11.5 Å². The minimum Gasteiger partial charge on any atom is -0.374 e. The van der Waals surface area contributed by atoms with E-state index in [4.69, 9.17) is 5.73 Å². The van der Waals surface area contributed by atoms with Gasteiger partial charge in [0, 0.05) is 5.75 Å². The van der Waals surface area contributed by atoms with Crippen LogP contribution in [0, 0.1) is 6.92 Å². The summed E-state index contributed by atoms with van der Waals surface area (Å²) in [6.07, 6.45) is 0. The highest BCUT2D eigenvalue weighted by molar-refractivity contribution is 8.01. The molecule has 0 amide bonds. The molecule has 0 aliphatic rings. The zero-order valence-corrected chi connectivity index (χ0v) is 16.3. The fourth-order valence-electron chi connectivity index (χ4n) is 2.11. The maximum atomic E-state index is 12.7. The van der Waals surface area contributed by atoms with Crippen LogP contribution in [0.3, 0.4) is 0 Å². The Balaban J connectivity index is 1.93. The summed E-state index contributed by atoms with van der Waals surface area (Å²) in [5.41, 5.74) is 7.77. The number of nitrogen functional groups attached to an aromatic ring is 1. The Morgan fingerprint density at radius 1 is 1.12 bits per heavy atom. The fourth-order valence-corrected chi connectivity index (χ4v) is 4.84. The van der Waals surface area contributed by atoms with Crippen LogP contribution < -0.4 is 5.73 Å². The third kappa shape index (κ3) is 4.69. The monoisotopic (exact) mass is 404 g/mol. The Morgan fingerprint density at radius 3 is 2.42 bits per heavy atom. The van der Waals surface area contributed by atoms with Crippen LogP contribution in [0.15, 0.2) is 68.2 Å². The van der Waals surface area contributed by atoms with Gasteiger partial charge in [0.1, 0.15) is 0 Å². The number of thioether (sulfide) groups is 1. The highest BCUT2D eigenvalue weighted by atomic mass is 32.2. The van der Waals surface area contributed by atoms with E-state index >= 15 is 0 Å². The van der Waals surface area contributed by atoms with Crippen molar-refractivity contribution >= 4 is 44.0 Å². The Labute approximate surface area is 160 Å². The van der Waals surface area contributed by atoms with Crippen LogP contribution in [0.25, 0.3) is 0 Å². The zero-order chi connectivity index (χ0) is 18.6. The summed E-state index contributed by atoms with van der Waals surface area (Å²) in [5, 5.41) is 8.09. The standard InChI is InChI=1S/C17H16N4O2S3/c1-12-7-9-14(10-8-12)26(22,23)21-15(13-5-3-2-4-6-13)11-24-17-20-19-16(18)25-17/h2-10H,11H2,1H3,(H2,18,19)/b21-15+. The number of hydrogen-bond acceptors (Lipinski definition) is 7. The molecule has 2 aromatic carbocycles. The molecule has 0 fully saturated rings. The number of aryl methyl sites for hydroxylation is 1. The highest BCUT2D eigenvalue weighted by Gasteiger charge is 2.16. The van der Waals surface area contributed by atoms with Crippen LogP contribution in [0.2, 0.25) is 0 Å². The second kappa shape index (κ2) is 7.98. The van der Waals surface area contributed by atoms with E-state index in [1.54, 1.807) is 24.3 Å². The van der Waals surface area contributed by atoms with Gasteiger partial charge < -0.3 is 5.73 Å². The number of anilines is 1. The van der Waals surface area contributed by atoms with Crippen molar-refractivity contribution < 1.29 is 8.42 Å². The lowest BCUT2D eigenvalue weighted by atomic mass is 10.1. The van der Waals surface area contributed by atoms with Gasteiger partial charge in [-0.3, -0.25) is 0 Å². The summed E-state index contributed by atoms with van der Waals surface area (Å²) >= 11 is 2.61. The number of rotatable bonds is 6. The largest absolute Gasteiger partial charge is 0.374 e. The number of sulfonamides is 1. The van der Waals surface area contributed by atoms with E-state index in [0.717, 1.165) is 11.1 Å². The van der Waals surface area contributed by atoms with Crippen LogP contribution >= 0.6 is 23.1 Å². The number of aromatic nitrogens is 2. The lowest BCUT2D eigenvalue weighted by molar-refractivity contribution is 0.598. The van der Waals surface area contributed by atoms with Crippen molar-refractivity contribution in [3.8, 4) is 0 Å². The van der Waals surface area contributed by atoms with E-state index in [1.807, 2.05) is 37.3 Å². The van der Waals surface area contributed by atoms with Crippen LogP contribution in [-0.2, 0) is 10.0 Å². The second-order valence-electron chi connectivity index (χ2n) is 5.39. The molecule has 0 unspecified atom stereocenters. The van der Waals surface area contributed by atoms with Crippen molar-refractivity contribution in [3.63, 3.8) is 0 Å². The van der Waals surface area contributed by atoms with Gasteiger partial charge in [0.05, 0.1) is 10.6 Å². The van der Waals surface area contributed by atoms with Crippen molar-refractivity contribution in [1.29, 1.82) is 0 Å². The molecule has 1 aromatic heterocycles. The van der Waals surface area contributed by atoms with Crippen LogP contribution in [-0.4, -0.2) is 30.1 Å². The van der Waals surface area contributed by atoms with Crippen LogP contribution in [0.4, 0.5) is 5.13 Å². The van der Waals surface area contributed by atoms with Crippen LogP contribution in [0.5, 0.6) is 0 Å². The first kappa shape index (κ1) is 18.6. The molecule has 0 radical (unpaired) electrons. The average molecular weight is 405 g/mol. The molecule has 0 spiro atoms. The molecule has 2 N–H and O–H groups in total. The van der Waals surface area contributed by atoms with Gasteiger partial charge in [0.2, 0.25) is 5.13 Å². The van der Waals surface area contributed by atoms with Gasteiger partial charge in [-0.05, 0) is 24.6 Å². The molecule has 9 heteroatoms. The third-order valence-corrected chi connectivity index (χ3v) is 6.64. The summed E-state index contributed by atoms with van der Waals surface area (Å²) < 4.78 is 30.2. The molecule has 0 bridgehead atoms. The Morgan fingerprint density at radius 2 is 1.81 bits per heavy atom. The lowest BCUT2D eigenvalue weighted by Gasteiger charge is -2.07. The normalized spacial score (nSPS) is 12.3. The quantitative estimate of drug-likeness (QED) is 0.499. The molecule has 134 valence electrons. The summed E-state index contributed by atoms with van der Waals surface area (Å²) in [4.78, 5) is 0.168. The number of hydrogen-bond donors (Lipinski definition) is 1. The molecule has 3 aromatic rings. The van der Waals surface area contributed by atoms with Gasteiger partial charge in [-0.25, -0.2) is 0 Å². The number of nitrogens with two attached hydrogens (primary N) is 1. The molecule has 0 aliphatic heterocycles. The van der Waals surface area contributed by atoms with Gasteiger partial charge in [-0.1, -0.05) is 71.1 Å². The smallest absolute Gasteiger partial charge is 0.282 e. The molecule has 6 nitrogen and oxygen atoms in total. The maximum Gasteiger partial charge on any atom is 0.282 e. The predicted molar refractivity (Wildman–Crippen MR) is 106 cm³/mol. The minimum absolute atomic E-state index is 0.168. The lowest BCUT2D eigenvalue weighted by Crippen LogP contribution is -2.09. The highest BCUT2D eigenvalue weighted by Crippen LogP contribution is 2.25. The van der Waals surface area contributed by atoms with E-state index in [1.165, 1.54) is 23.1 Å². The molecule has 1 heterocycles. The summed E-state index contributed by atoms with van der Waals surface area (Å²) in [5.74, 6) is 0.337. The second-order valence-corrected chi connectivity index (χ2v) is 9.22. The first-order valence-corrected chi connectivity index (χ1v) is 10.9. The van der Waals surface area contributed by atoms with Gasteiger partial charge >= 0.3 is 0 Å². The minimum atomic E-state index is -3.81. The van der Waals surface area contributed by atoms with E-state index in [-0.39, 0.29) is 4.90 Å². The zero-order valence-electron chi connectivity index (χ0n) is 13.9. The van der Waals surface area contributed by atoms with Crippen LogP contribution in [0.1, 0.15) is 11.1 Å². The molecule has 0 saturated carbocycles. The molecule has 0 saturated heterocycles. The van der Waals surface area contributed by atoms with Gasteiger partial charge in [-0.15, -0.1) is 10.2 Å². The molecular weight excluding hydrogens is 388 g/mol. The molecule has 26 heavy (non-hydrogen) atoms. The van der Waals surface area contributed by atoms with E-state index < -0.39 is 10.0 Å². The van der Waals surface area contributed by atoms with Gasteiger partial charge in [0.15, 0.2) is 4.34 Å². The molecule has 3 rings (SSSR count). The predicted octanol–water partition coefficient (Wildman–Crippen LogP) is 3.40. The maximum absolute atomic E-state index is 12.7. The molecule has 0 aliphatic carbocycles. The van der Waals surface area contributed by atoms with Crippen molar-refractivity contribution in [2.24, 2.45) is 4.40 Å². The summed E-state index contributed by atoms with van der Waals surface area (Å²) in [7, 11) is -3.81. The first-order chi connectivity index (χ1) is 12.4. The van der Waals surface area contributed by atoms with Crippen molar-refractivity contribution in [3.05, 3.63) is 65.7 Å². The average Bonchev–Trinajstić information content (AvgIpc) is 3.05. The van der Waals surface area contributed by atoms with Gasteiger partial charge in [-0.2, -0.15) is 12.8 Å². The van der Waals surface area contributed by atoms with Gasteiger partial charge in [0.25, 0.3) is 10.0 Å². The Hall–Kier alpha value is -2.23. The molecule has 0 atom stereocenters. The Bertz CT molecular complexity index is 1010. The van der Waals surface area contributed by atoms with E-state index in [9.17, 15) is 8.42 Å². The molecular formula is C17H16N4O2S3. The summed E-state index contributed by atoms with van der Waals surface area (Å²) in [6.45, 7) is 1.90. The summed E-state index contributed by atoms with van der Waals surface area (Å²) in [6, 6.07) is 15.9. The fraction of sp³-hybridized carbons (Fsp3) is 0.118. The third-order valence-electron chi connectivity index (χ3n) is 3.41. The Kier molecular flexibility index (Phi) is 5.70.